The summed E-state index contributed by atoms with van der Waals surface area (Å²) in [6.07, 6.45) is 3.17. The highest BCUT2D eigenvalue weighted by Crippen LogP contribution is 2.49. The lowest BCUT2D eigenvalue weighted by Gasteiger charge is -2.50. The van der Waals surface area contributed by atoms with Gasteiger partial charge in [0, 0.05) is 38.0 Å². The van der Waals surface area contributed by atoms with Crippen LogP contribution in [0, 0.1) is 6.92 Å². The Morgan fingerprint density at radius 2 is 2.12 bits per heavy atom. The van der Waals surface area contributed by atoms with Gasteiger partial charge < -0.3 is 15.2 Å². The quantitative estimate of drug-likeness (QED) is 0.809. The molecule has 1 aromatic rings. The van der Waals surface area contributed by atoms with Gasteiger partial charge in [-0.2, -0.15) is 0 Å². The lowest BCUT2D eigenvalue weighted by atomic mass is 9.71. The second-order valence-corrected chi connectivity index (χ2v) is 5.40. The molecular formula is C14H19NO2. The third-order valence-corrected chi connectivity index (χ3v) is 4.02. The summed E-state index contributed by atoms with van der Waals surface area (Å²) in [7, 11) is 1.76. The average molecular weight is 233 g/mol. The van der Waals surface area contributed by atoms with Crippen molar-refractivity contribution in [2.24, 2.45) is 5.73 Å². The predicted molar refractivity (Wildman–Crippen MR) is 66.1 cm³/mol. The summed E-state index contributed by atoms with van der Waals surface area (Å²) >= 11 is 0. The van der Waals surface area contributed by atoms with Crippen LogP contribution in [0.5, 0.6) is 5.75 Å². The lowest BCUT2D eigenvalue weighted by Crippen LogP contribution is -2.55. The number of rotatable bonds is 1. The molecule has 1 saturated carbocycles. The van der Waals surface area contributed by atoms with Gasteiger partial charge in [0.2, 0.25) is 0 Å². The molecule has 1 aliphatic heterocycles. The lowest BCUT2D eigenvalue weighted by molar-refractivity contribution is -0.124. The van der Waals surface area contributed by atoms with Crippen molar-refractivity contribution in [3.63, 3.8) is 0 Å². The average Bonchev–Trinajstić information content (AvgIpc) is 2.26. The maximum Gasteiger partial charge on any atom is 0.124 e. The number of fused-ring (bicyclic) bond motifs is 1. The van der Waals surface area contributed by atoms with E-state index in [0.717, 1.165) is 30.6 Å². The van der Waals surface area contributed by atoms with Crippen molar-refractivity contribution in [1.29, 1.82) is 0 Å². The van der Waals surface area contributed by atoms with Gasteiger partial charge in [-0.3, -0.25) is 0 Å². The van der Waals surface area contributed by atoms with Gasteiger partial charge in [0.1, 0.15) is 11.4 Å². The number of nitrogens with two attached hydrogens (primary N) is 1. The van der Waals surface area contributed by atoms with E-state index in [-0.39, 0.29) is 11.6 Å². The first-order valence-corrected chi connectivity index (χ1v) is 6.20. The highest BCUT2D eigenvalue weighted by molar-refractivity contribution is 5.42. The van der Waals surface area contributed by atoms with Gasteiger partial charge in [0.05, 0.1) is 6.10 Å². The summed E-state index contributed by atoms with van der Waals surface area (Å²) in [5.41, 5.74) is 8.59. The predicted octanol–water partition coefficient (Wildman–Crippen LogP) is 2.32. The van der Waals surface area contributed by atoms with Crippen molar-refractivity contribution in [2.45, 2.75) is 43.9 Å². The Labute approximate surface area is 102 Å². The van der Waals surface area contributed by atoms with Crippen molar-refractivity contribution < 1.29 is 9.47 Å². The van der Waals surface area contributed by atoms with Crippen LogP contribution in [0.3, 0.4) is 0 Å². The van der Waals surface area contributed by atoms with Crippen LogP contribution in [0.25, 0.3) is 0 Å². The number of aryl methyl sites for hydroxylation is 1. The van der Waals surface area contributed by atoms with Crippen LogP contribution in [-0.4, -0.2) is 18.8 Å². The molecule has 17 heavy (non-hydrogen) atoms. The molecule has 1 aromatic carbocycles. The molecule has 3 heteroatoms. The molecule has 1 spiro atoms. The number of methoxy groups -OCH3 is 1. The highest BCUT2D eigenvalue weighted by Gasteiger charge is 2.50. The van der Waals surface area contributed by atoms with Gasteiger partial charge in [0.15, 0.2) is 0 Å². The maximum absolute atomic E-state index is 6.27. The van der Waals surface area contributed by atoms with Crippen molar-refractivity contribution in [2.75, 3.05) is 7.11 Å². The molecule has 0 bridgehead atoms. The summed E-state index contributed by atoms with van der Waals surface area (Å²) < 4.78 is 11.5. The van der Waals surface area contributed by atoms with Crippen LogP contribution < -0.4 is 10.5 Å². The molecule has 0 saturated heterocycles. The van der Waals surface area contributed by atoms with E-state index in [4.69, 9.17) is 15.2 Å². The fraction of sp³-hybridized carbons (Fsp3) is 0.571. The van der Waals surface area contributed by atoms with Gasteiger partial charge >= 0.3 is 0 Å². The van der Waals surface area contributed by atoms with Gasteiger partial charge in [-0.1, -0.05) is 17.7 Å². The number of benzene rings is 1. The molecule has 1 aliphatic carbocycles. The number of hydrogen-bond acceptors (Lipinski definition) is 3. The van der Waals surface area contributed by atoms with E-state index in [9.17, 15) is 0 Å². The third kappa shape index (κ3) is 1.74. The van der Waals surface area contributed by atoms with Crippen LogP contribution in [-0.2, 0) is 4.74 Å². The molecule has 0 radical (unpaired) electrons. The second-order valence-electron chi connectivity index (χ2n) is 5.40. The van der Waals surface area contributed by atoms with Crippen LogP contribution >= 0.6 is 0 Å². The smallest absolute Gasteiger partial charge is 0.124 e. The van der Waals surface area contributed by atoms with Crippen LogP contribution in [0.15, 0.2) is 18.2 Å². The molecule has 1 unspecified atom stereocenters. The molecule has 92 valence electrons. The van der Waals surface area contributed by atoms with Gasteiger partial charge in [-0.05, 0) is 13.0 Å². The fourth-order valence-corrected chi connectivity index (χ4v) is 3.02. The minimum Gasteiger partial charge on any atom is -0.487 e. The largest absolute Gasteiger partial charge is 0.487 e. The zero-order valence-corrected chi connectivity index (χ0v) is 10.4. The Kier molecular flexibility index (Phi) is 2.42. The Morgan fingerprint density at radius 3 is 2.82 bits per heavy atom. The van der Waals surface area contributed by atoms with Crippen LogP contribution in [0.4, 0.5) is 0 Å². The monoisotopic (exact) mass is 233 g/mol. The van der Waals surface area contributed by atoms with Crippen molar-refractivity contribution in [3.05, 3.63) is 29.3 Å². The van der Waals surface area contributed by atoms with E-state index in [1.807, 2.05) is 6.07 Å². The Balaban J connectivity index is 1.87. The first-order valence-electron chi connectivity index (χ1n) is 6.20. The van der Waals surface area contributed by atoms with Crippen molar-refractivity contribution >= 4 is 0 Å². The fourth-order valence-electron chi connectivity index (χ4n) is 3.02. The first kappa shape index (κ1) is 11.1. The van der Waals surface area contributed by atoms with E-state index in [1.54, 1.807) is 7.11 Å². The second kappa shape index (κ2) is 3.72. The molecule has 3 nitrogen and oxygen atoms in total. The Morgan fingerprint density at radius 1 is 1.35 bits per heavy atom. The summed E-state index contributed by atoms with van der Waals surface area (Å²) in [6, 6.07) is 6.36. The third-order valence-electron chi connectivity index (χ3n) is 4.02. The number of hydrogen-bond donors (Lipinski definition) is 1. The van der Waals surface area contributed by atoms with Crippen LogP contribution in [0.1, 0.15) is 36.4 Å². The minimum atomic E-state index is -0.0671. The van der Waals surface area contributed by atoms with Gasteiger partial charge in [-0.25, -0.2) is 0 Å². The van der Waals surface area contributed by atoms with E-state index < -0.39 is 0 Å². The highest BCUT2D eigenvalue weighted by atomic mass is 16.5. The standard InChI is InChI=1S/C14H19NO2/c1-9-3-4-13-11(5-9)12(15)8-14(17-13)6-10(7-14)16-2/h3-5,10,12H,6-8,15H2,1-2H3. The molecule has 2 N–H and O–H groups in total. The van der Waals surface area contributed by atoms with Crippen LogP contribution in [0.2, 0.25) is 0 Å². The molecule has 0 amide bonds. The van der Waals surface area contributed by atoms with E-state index >= 15 is 0 Å². The van der Waals surface area contributed by atoms with Crippen molar-refractivity contribution in [1.82, 2.24) is 0 Å². The Bertz CT molecular complexity index is 438. The zero-order valence-electron chi connectivity index (χ0n) is 10.4. The molecule has 1 fully saturated rings. The summed E-state index contributed by atoms with van der Waals surface area (Å²) in [4.78, 5) is 0. The Hall–Kier alpha value is -1.06. The zero-order chi connectivity index (χ0) is 12.0. The van der Waals surface area contributed by atoms with E-state index in [2.05, 4.69) is 19.1 Å². The topological polar surface area (TPSA) is 44.5 Å². The van der Waals surface area contributed by atoms with Gasteiger partial charge in [-0.15, -0.1) is 0 Å². The number of ether oxygens (including phenoxy) is 2. The normalized spacial score (nSPS) is 35.0. The molecular weight excluding hydrogens is 214 g/mol. The van der Waals surface area contributed by atoms with E-state index in [1.165, 1.54) is 5.56 Å². The minimum absolute atomic E-state index is 0.0671. The summed E-state index contributed by atoms with van der Waals surface area (Å²) in [5.74, 6) is 0.962. The molecule has 1 heterocycles. The summed E-state index contributed by atoms with van der Waals surface area (Å²) in [6.45, 7) is 2.08. The SMILES string of the molecule is COC1CC2(C1)CC(N)c1cc(C)ccc1O2. The first-order chi connectivity index (χ1) is 8.12. The van der Waals surface area contributed by atoms with Crippen molar-refractivity contribution in [3.8, 4) is 5.75 Å². The van der Waals surface area contributed by atoms with Gasteiger partial charge in [0.25, 0.3) is 0 Å². The molecule has 1 atom stereocenters. The molecule has 3 rings (SSSR count). The maximum atomic E-state index is 6.27. The molecule has 2 aliphatic rings. The van der Waals surface area contributed by atoms with E-state index in [0.29, 0.717) is 6.10 Å². The molecule has 0 aromatic heterocycles. The summed E-state index contributed by atoms with van der Waals surface area (Å²) in [5, 5.41) is 0.